The summed E-state index contributed by atoms with van der Waals surface area (Å²) in [5, 5.41) is -0.656. The summed E-state index contributed by atoms with van der Waals surface area (Å²) < 4.78 is 66.9. The number of carbonyl (C=O) groups is 1. The predicted molar refractivity (Wildman–Crippen MR) is 109 cm³/mol. The van der Waals surface area contributed by atoms with Crippen molar-refractivity contribution in [2.75, 3.05) is 4.72 Å². The predicted octanol–water partition coefficient (Wildman–Crippen LogP) is 5.14. The van der Waals surface area contributed by atoms with E-state index < -0.39 is 37.5 Å². The summed E-state index contributed by atoms with van der Waals surface area (Å²) in [7, 11) is -4.56. The lowest BCUT2D eigenvalue weighted by Gasteiger charge is -2.14. The van der Waals surface area contributed by atoms with Crippen LogP contribution in [0.5, 0.6) is 0 Å². The van der Waals surface area contributed by atoms with Gasteiger partial charge in [-0.3, -0.25) is 14.5 Å². The van der Waals surface area contributed by atoms with Crippen molar-refractivity contribution in [1.29, 1.82) is 0 Å². The van der Waals surface area contributed by atoms with Gasteiger partial charge in [-0.05, 0) is 42.8 Å². The van der Waals surface area contributed by atoms with E-state index in [4.69, 9.17) is 23.2 Å². The third kappa shape index (κ3) is 4.97. The molecule has 0 unspecified atom stereocenters. The summed E-state index contributed by atoms with van der Waals surface area (Å²) in [6.07, 6.45) is -2.35. The van der Waals surface area contributed by atoms with Crippen molar-refractivity contribution in [3.63, 3.8) is 0 Å². The van der Waals surface area contributed by atoms with E-state index in [0.717, 1.165) is 24.4 Å². The highest BCUT2D eigenvalue weighted by molar-refractivity contribution is 7.92. The number of carbonyl (C=O) groups excluding carboxylic acids is 1. The van der Waals surface area contributed by atoms with Crippen molar-refractivity contribution in [2.24, 2.45) is 0 Å². The lowest BCUT2D eigenvalue weighted by atomic mass is 10.1. The molecule has 0 atom stereocenters. The standard InChI is InChI=1S/C19H12Cl2F3N3O3S/c1-10-3-2-6-25-16(10)18(28)17-15(7-11(20)9-26-17)27-31(29,30)12-4-5-14(21)13(8-12)19(22,23)24/h2-9,27H,1H3. The molecule has 6 nitrogen and oxygen atoms in total. The quantitative estimate of drug-likeness (QED) is 0.501. The molecule has 3 rings (SSSR count). The smallest absolute Gasteiger partial charge is 0.285 e. The van der Waals surface area contributed by atoms with Gasteiger partial charge in [-0.2, -0.15) is 13.2 Å². The monoisotopic (exact) mass is 489 g/mol. The van der Waals surface area contributed by atoms with Gasteiger partial charge >= 0.3 is 6.18 Å². The van der Waals surface area contributed by atoms with E-state index in [2.05, 4.69) is 14.7 Å². The fourth-order valence-corrected chi connectivity index (χ4v) is 4.09. The van der Waals surface area contributed by atoms with E-state index in [9.17, 15) is 26.4 Å². The Hall–Kier alpha value is -2.69. The molecule has 0 amide bonds. The number of hydrogen-bond donors (Lipinski definition) is 1. The maximum atomic E-state index is 13.1. The summed E-state index contributed by atoms with van der Waals surface area (Å²) >= 11 is 11.4. The Morgan fingerprint density at radius 3 is 2.42 bits per heavy atom. The molecule has 1 N–H and O–H groups in total. The van der Waals surface area contributed by atoms with Crippen molar-refractivity contribution < 1.29 is 26.4 Å². The number of halogens is 5. The van der Waals surface area contributed by atoms with Crippen molar-refractivity contribution in [1.82, 2.24) is 9.97 Å². The molecule has 0 saturated heterocycles. The molecule has 0 radical (unpaired) electrons. The first-order valence-electron chi connectivity index (χ1n) is 8.41. The van der Waals surface area contributed by atoms with Gasteiger partial charge in [0.05, 0.1) is 26.2 Å². The van der Waals surface area contributed by atoms with E-state index in [0.29, 0.717) is 11.6 Å². The van der Waals surface area contributed by atoms with Crippen molar-refractivity contribution in [2.45, 2.75) is 18.0 Å². The van der Waals surface area contributed by atoms with Crippen LogP contribution in [0, 0.1) is 6.92 Å². The van der Waals surface area contributed by atoms with Crippen LogP contribution in [-0.2, 0) is 16.2 Å². The summed E-state index contributed by atoms with van der Waals surface area (Å²) in [6.45, 7) is 1.63. The van der Waals surface area contributed by atoms with Crippen LogP contribution in [0.1, 0.15) is 27.3 Å². The molecule has 162 valence electrons. The van der Waals surface area contributed by atoms with Crippen LogP contribution < -0.4 is 4.72 Å². The summed E-state index contributed by atoms with van der Waals surface area (Å²) in [5.41, 5.74) is -1.40. The number of anilines is 1. The zero-order valence-electron chi connectivity index (χ0n) is 15.5. The van der Waals surface area contributed by atoms with E-state index in [1.54, 1.807) is 19.1 Å². The highest BCUT2D eigenvalue weighted by Crippen LogP contribution is 2.36. The van der Waals surface area contributed by atoms with Gasteiger partial charge in [0, 0.05) is 12.4 Å². The molecule has 0 bridgehead atoms. The Morgan fingerprint density at radius 2 is 1.77 bits per heavy atom. The number of nitrogens with zero attached hydrogens (tertiary/aromatic N) is 2. The zero-order chi connectivity index (χ0) is 23.0. The van der Waals surface area contributed by atoms with Crippen LogP contribution in [0.2, 0.25) is 10.0 Å². The Morgan fingerprint density at radius 1 is 1.06 bits per heavy atom. The molecule has 0 aliphatic carbocycles. The van der Waals surface area contributed by atoms with Gasteiger partial charge in [0.1, 0.15) is 11.4 Å². The van der Waals surface area contributed by atoms with Gasteiger partial charge in [0.15, 0.2) is 0 Å². The van der Waals surface area contributed by atoms with Crippen LogP contribution in [-0.4, -0.2) is 24.2 Å². The van der Waals surface area contributed by atoms with Crippen molar-refractivity contribution in [3.8, 4) is 0 Å². The third-order valence-electron chi connectivity index (χ3n) is 4.09. The lowest BCUT2D eigenvalue weighted by molar-refractivity contribution is -0.137. The fourth-order valence-electron chi connectivity index (χ4n) is 2.63. The second-order valence-corrected chi connectivity index (χ2v) is 8.82. The highest BCUT2D eigenvalue weighted by Gasteiger charge is 2.34. The van der Waals surface area contributed by atoms with Gasteiger partial charge in [-0.25, -0.2) is 13.4 Å². The van der Waals surface area contributed by atoms with E-state index >= 15 is 0 Å². The van der Waals surface area contributed by atoms with Crippen LogP contribution in [0.25, 0.3) is 0 Å². The third-order valence-corrected chi connectivity index (χ3v) is 5.99. The molecular formula is C19H12Cl2F3N3O3S. The van der Waals surface area contributed by atoms with E-state index in [1.165, 1.54) is 6.20 Å². The lowest BCUT2D eigenvalue weighted by Crippen LogP contribution is -2.18. The summed E-state index contributed by atoms with van der Waals surface area (Å²) in [4.78, 5) is 20.0. The molecule has 0 spiro atoms. The summed E-state index contributed by atoms with van der Waals surface area (Å²) in [5.74, 6) is -0.695. The molecule has 0 fully saturated rings. The molecule has 1 aromatic carbocycles. The SMILES string of the molecule is Cc1cccnc1C(=O)c1ncc(Cl)cc1NS(=O)(=O)c1ccc(Cl)c(C(F)(F)F)c1. The van der Waals surface area contributed by atoms with Crippen molar-refractivity contribution in [3.05, 3.63) is 81.4 Å². The van der Waals surface area contributed by atoms with Gasteiger partial charge in [0.2, 0.25) is 5.78 Å². The average Bonchev–Trinajstić information content (AvgIpc) is 2.67. The van der Waals surface area contributed by atoms with Crippen LogP contribution >= 0.6 is 23.2 Å². The number of alkyl halides is 3. The minimum Gasteiger partial charge on any atom is -0.285 e. The minimum absolute atomic E-state index is 0.000852. The molecule has 31 heavy (non-hydrogen) atoms. The molecule has 3 aromatic rings. The molecule has 12 heteroatoms. The largest absolute Gasteiger partial charge is 0.417 e. The van der Waals surface area contributed by atoms with E-state index in [-0.39, 0.29) is 22.1 Å². The molecule has 0 aliphatic heterocycles. The number of ketones is 1. The molecule has 0 saturated carbocycles. The first-order valence-corrected chi connectivity index (χ1v) is 10.7. The highest BCUT2D eigenvalue weighted by atomic mass is 35.5. The van der Waals surface area contributed by atoms with Crippen molar-refractivity contribution >= 4 is 44.7 Å². The Labute approximate surface area is 185 Å². The van der Waals surface area contributed by atoms with Crippen LogP contribution in [0.15, 0.2) is 53.7 Å². The maximum absolute atomic E-state index is 13.1. The number of sulfonamides is 1. The normalized spacial score (nSPS) is 11.9. The summed E-state index contributed by atoms with van der Waals surface area (Å²) in [6, 6.07) is 6.49. The number of aromatic nitrogens is 2. The molecule has 2 aromatic heterocycles. The number of rotatable bonds is 5. The Balaban J connectivity index is 2.06. The second kappa shape index (κ2) is 8.45. The Kier molecular flexibility index (Phi) is 6.26. The molecule has 0 aliphatic rings. The first kappa shape index (κ1) is 23.0. The zero-order valence-corrected chi connectivity index (χ0v) is 17.9. The topological polar surface area (TPSA) is 89.0 Å². The first-order chi connectivity index (χ1) is 14.4. The number of nitrogens with one attached hydrogen (secondary N) is 1. The fraction of sp³-hybridized carbons (Fsp3) is 0.105. The van der Waals surface area contributed by atoms with Gasteiger partial charge in [-0.15, -0.1) is 0 Å². The molecule has 2 heterocycles. The molecular weight excluding hydrogens is 478 g/mol. The van der Waals surface area contributed by atoms with Gasteiger partial charge < -0.3 is 0 Å². The number of benzene rings is 1. The minimum atomic E-state index is -4.86. The number of aryl methyl sites for hydroxylation is 1. The average molecular weight is 490 g/mol. The number of pyridine rings is 2. The van der Waals surface area contributed by atoms with Gasteiger partial charge in [0.25, 0.3) is 10.0 Å². The second-order valence-electron chi connectivity index (χ2n) is 6.29. The van der Waals surface area contributed by atoms with E-state index in [1.807, 2.05) is 0 Å². The Bertz CT molecular complexity index is 1280. The number of hydrogen-bond acceptors (Lipinski definition) is 5. The maximum Gasteiger partial charge on any atom is 0.417 e. The van der Waals surface area contributed by atoms with Gasteiger partial charge in [-0.1, -0.05) is 29.3 Å². The van der Waals surface area contributed by atoms with Crippen LogP contribution in [0.3, 0.4) is 0 Å². The van der Waals surface area contributed by atoms with Crippen LogP contribution in [0.4, 0.5) is 18.9 Å².